The molecule has 0 aliphatic heterocycles. The van der Waals surface area contributed by atoms with E-state index in [1.807, 2.05) is 12.1 Å². The van der Waals surface area contributed by atoms with Gasteiger partial charge in [-0.1, -0.05) is 25.6 Å². The number of rotatable bonds is 2. The summed E-state index contributed by atoms with van der Waals surface area (Å²) in [5.41, 5.74) is 5.25. The SMILES string of the molecule is COCc1ccnc(C#C[Si](C)(C)C)c1. The van der Waals surface area contributed by atoms with Crippen LogP contribution in [0.3, 0.4) is 0 Å². The summed E-state index contributed by atoms with van der Waals surface area (Å²) in [6.45, 7) is 7.28. The Morgan fingerprint density at radius 1 is 1.40 bits per heavy atom. The minimum absolute atomic E-state index is 0.615. The highest BCUT2D eigenvalue weighted by Gasteiger charge is 2.07. The van der Waals surface area contributed by atoms with Crippen LogP contribution >= 0.6 is 0 Å². The second kappa shape index (κ2) is 5.10. The van der Waals surface area contributed by atoms with E-state index in [0.29, 0.717) is 6.61 Å². The van der Waals surface area contributed by atoms with Crippen molar-refractivity contribution in [2.75, 3.05) is 7.11 Å². The third kappa shape index (κ3) is 4.77. The van der Waals surface area contributed by atoms with E-state index in [4.69, 9.17) is 4.74 Å². The minimum Gasteiger partial charge on any atom is -0.380 e. The second-order valence-electron chi connectivity index (χ2n) is 4.48. The summed E-state index contributed by atoms with van der Waals surface area (Å²) < 4.78 is 5.06. The molecule has 15 heavy (non-hydrogen) atoms. The van der Waals surface area contributed by atoms with Crippen LogP contribution in [-0.2, 0) is 11.3 Å². The maximum absolute atomic E-state index is 5.06. The topological polar surface area (TPSA) is 22.1 Å². The van der Waals surface area contributed by atoms with Gasteiger partial charge in [-0.2, -0.15) is 0 Å². The van der Waals surface area contributed by atoms with Gasteiger partial charge in [0.2, 0.25) is 0 Å². The molecule has 0 aliphatic rings. The molecular formula is C12H17NOSi. The smallest absolute Gasteiger partial charge is 0.129 e. The van der Waals surface area contributed by atoms with Crippen LogP contribution in [0.15, 0.2) is 18.3 Å². The normalized spacial score (nSPS) is 10.7. The van der Waals surface area contributed by atoms with Crippen molar-refractivity contribution in [3.8, 4) is 11.5 Å². The van der Waals surface area contributed by atoms with Gasteiger partial charge in [-0.05, 0) is 17.7 Å². The lowest BCUT2D eigenvalue weighted by Gasteiger charge is -2.03. The van der Waals surface area contributed by atoms with E-state index in [1.54, 1.807) is 13.3 Å². The highest BCUT2D eigenvalue weighted by molar-refractivity contribution is 6.83. The number of nitrogens with zero attached hydrogens (tertiary/aromatic N) is 1. The number of ether oxygens (including phenoxy) is 1. The van der Waals surface area contributed by atoms with Crippen LogP contribution in [0.1, 0.15) is 11.3 Å². The van der Waals surface area contributed by atoms with Gasteiger partial charge >= 0.3 is 0 Å². The van der Waals surface area contributed by atoms with Gasteiger partial charge in [0.15, 0.2) is 0 Å². The van der Waals surface area contributed by atoms with Crippen molar-refractivity contribution in [2.24, 2.45) is 0 Å². The summed E-state index contributed by atoms with van der Waals surface area (Å²) in [5, 5.41) is 0. The molecule has 80 valence electrons. The lowest BCUT2D eigenvalue weighted by molar-refractivity contribution is 0.185. The number of hydrogen-bond acceptors (Lipinski definition) is 2. The largest absolute Gasteiger partial charge is 0.380 e. The molecule has 0 fully saturated rings. The van der Waals surface area contributed by atoms with E-state index in [1.165, 1.54) is 0 Å². The van der Waals surface area contributed by atoms with Crippen molar-refractivity contribution >= 4 is 8.07 Å². The average Bonchev–Trinajstić information content (AvgIpc) is 2.15. The van der Waals surface area contributed by atoms with Crippen LogP contribution in [0.5, 0.6) is 0 Å². The molecule has 0 radical (unpaired) electrons. The molecule has 0 bridgehead atoms. The van der Waals surface area contributed by atoms with Gasteiger partial charge in [-0.3, -0.25) is 0 Å². The maximum atomic E-state index is 5.06. The maximum Gasteiger partial charge on any atom is 0.129 e. The van der Waals surface area contributed by atoms with Crippen LogP contribution < -0.4 is 0 Å². The molecule has 0 saturated carbocycles. The number of aromatic nitrogens is 1. The number of hydrogen-bond donors (Lipinski definition) is 0. The molecule has 1 aromatic heterocycles. The van der Waals surface area contributed by atoms with E-state index in [0.717, 1.165) is 11.3 Å². The third-order valence-corrected chi connectivity index (χ3v) is 2.58. The van der Waals surface area contributed by atoms with Gasteiger partial charge in [0.05, 0.1) is 6.61 Å². The Hall–Kier alpha value is -1.11. The van der Waals surface area contributed by atoms with E-state index in [9.17, 15) is 0 Å². The molecule has 0 N–H and O–H groups in total. The summed E-state index contributed by atoms with van der Waals surface area (Å²) >= 11 is 0. The van der Waals surface area contributed by atoms with Crippen LogP contribution in [0.4, 0.5) is 0 Å². The van der Waals surface area contributed by atoms with Gasteiger partial charge < -0.3 is 4.74 Å². The zero-order valence-electron chi connectivity index (χ0n) is 9.79. The first-order valence-electron chi connectivity index (χ1n) is 4.98. The molecule has 1 aromatic rings. The molecule has 0 atom stereocenters. The van der Waals surface area contributed by atoms with E-state index >= 15 is 0 Å². The Labute approximate surface area is 92.7 Å². The zero-order valence-corrected chi connectivity index (χ0v) is 10.8. The Morgan fingerprint density at radius 3 is 2.73 bits per heavy atom. The Bertz CT molecular complexity index is 385. The molecule has 1 heterocycles. The fourth-order valence-corrected chi connectivity index (χ4v) is 1.55. The highest BCUT2D eigenvalue weighted by atomic mass is 28.3. The molecular weight excluding hydrogens is 202 g/mol. The Morgan fingerprint density at radius 2 is 2.13 bits per heavy atom. The first-order valence-corrected chi connectivity index (χ1v) is 8.48. The summed E-state index contributed by atoms with van der Waals surface area (Å²) in [4.78, 5) is 4.22. The first-order chi connectivity index (χ1) is 7.01. The summed E-state index contributed by atoms with van der Waals surface area (Å²) in [6.07, 6.45) is 1.78. The summed E-state index contributed by atoms with van der Waals surface area (Å²) in [5.74, 6) is 3.13. The predicted octanol–water partition coefficient (Wildman–Crippen LogP) is 2.46. The average molecular weight is 219 g/mol. The lowest BCUT2D eigenvalue weighted by atomic mass is 10.2. The number of pyridine rings is 1. The van der Waals surface area contributed by atoms with Gasteiger partial charge in [0, 0.05) is 13.3 Å². The van der Waals surface area contributed by atoms with Gasteiger partial charge in [0.1, 0.15) is 13.8 Å². The molecule has 2 nitrogen and oxygen atoms in total. The van der Waals surface area contributed by atoms with Crippen molar-refractivity contribution in [3.05, 3.63) is 29.6 Å². The van der Waals surface area contributed by atoms with E-state index in [2.05, 4.69) is 36.1 Å². The molecule has 0 spiro atoms. The predicted molar refractivity (Wildman–Crippen MR) is 65.2 cm³/mol. The van der Waals surface area contributed by atoms with Crippen LogP contribution in [0, 0.1) is 11.5 Å². The molecule has 3 heteroatoms. The van der Waals surface area contributed by atoms with Gasteiger partial charge in [-0.25, -0.2) is 4.98 Å². The van der Waals surface area contributed by atoms with Gasteiger partial charge in [0.25, 0.3) is 0 Å². The van der Waals surface area contributed by atoms with Crippen molar-refractivity contribution in [3.63, 3.8) is 0 Å². The summed E-state index contributed by atoms with van der Waals surface area (Å²) in [7, 11) is 0.380. The molecule has 0 saturated heterocycles. The van der Waals surface area contributed by atoms with Crippen molar-refractivity contribution < 1.29 is 4.74 Å². The molecule has 0 aromatic carbocycles. The fourth-order valence-electron chi connectivity index (χ4n) is 1.05. The van der Waals surface area contributed by atoms with Crippen LogP contribution in [-0.4, -0.2) is 20.2 Å². The minimum atomic E-state index is -1.31. The molecule has 0 unspecified atom stereocenters. The first kappa shape index (κ1) is 12.0. The zero-order chi connectivity index (χ0) is 11.3. The molecule has 1 rings (SSSR count). The van der Waals surface area contributed by atoms with Crippen LogP contribution in [0.2, 0.25) is 19.6 Å². The fraction of sp³-hybridized carbons (Fsp3) is 0.417. The standard InChI is InChI=1S/C12H17NOSi/c1-14-10-11-5-7-13-12(9-11)6-8-15(2,3)4/h5,7,9H,10H2,1-4H3. The molecule has 0 aliphatic carbocycles. The molecule has 0 amide bonds. The van der Waals surface area contributed by atoms with Crippen molar-refractivity contribution in [2.45, 2.75) is 26.2 Å². The van der Waals surface area contributed by atoms with Crippen LogP contribution in [0.25, 0.3) is 0 Å². The third-order valence-electron chi connectivity index (χ3n) is 1.70. The number of methoxy groups -OCH3 is 1. The van der Waals surface area contributed by atoms with Crippen molar-refractivity contribution in [1.82, 2.24) is 4.98 Å². The van der Waals surface area contributed by atoms with E-state index in [-0.39, 0.29) is 0 Å². The lowest BCUT2D eigenvalue weighted by Crippen LogP contribution is -2.16. The van der Waals surface area contributed by atoms with Crippen molar-refractivity contribution in [1.29, 1.82) is 0 Å². The monoisotopic (exact) mass is 219 g/mol. The quantitative estimate of drug-likeness (QED) is 0.563. The highest BCUT2D eigenvalue weighted by Crippen LogP contribution is 2.03. The van der Waals surface area contributed by atoms with Gasteiger partial charge in [-0.15, -0.1) is 5.54 Å². The van der Waals surface area contributed by atoms with E-state index < -0.39 is 8.07 Å². The Kier molecular flexibility index (Phi) is 4.07. The second-order valence-corrected chi connectivity index (χ2v) is 9.23. The summed E-state index contributed by atoms with van der Waals surface area (Å²) in [6, 6.07) is 3.93. The Balaban J connectivity index is 2.85.